The van der Waals surface area contributed by atoms with Gasteiger partial charge in [0.1, 0.15) is 5.75 Å². The molecule has 0 saturated heterocycles. The molecule has 4 nitrogen and oxygen atoms in total. The molecule has 0 spiro atoms. The Balaban J connectivity index is 2.60. The third-order valence-electron chi connectivity index (χ3n) is 2.88. The first kappa shape index (κ1) is 16.0. The van der Waals surface area contributed by atoms with Gasteiger partial charge in [0.05, 0.1) is 17.6 Å². The van der Waals surface area contributed by atoms with Gasteiger partial charge in [-0.1, -0.05) is 6.07 Å². The molecule has 1 amide bonds. The number of hydrogen-bond donors (Lipinski definition) is 2. The summed E-state index contributed by atoms with van der Waals surface area (Å²) in [4.78, 5) is 11.7. The van der Waals surface area contributed by atoms with Crippen molar-refractivity contribution < 1.29 is 9.53 Å². The smallest absolute Gasteiger partial charge is 0.220 e. The number of rotatable bonds is 6. The summed E-state index contributed by atoms with van der Waals surface area (Å²) in [6.07, 6.45) is 1.16. The Hall–Kier alpha value is -1.07. The molecule has 106 valence electrons. The van der Waals surface area contributed by atoms with Crippen LogP contribution in [0.25, 0.3) is 0 Å². The van der Waals surface area contributed by atoms with Crippen LogP contribution in [0.15, 0.2) is 22.7 Å². The fourth-order valence-electron chi connectivity index (χ4n) is 1.71. The minimum Gasteiger partial charge on any atom is -0.496 e. The van der Waals surface area contributed by atoms with E-state index in [-0.39, 0.29) is 18.0 Å². The molecule has 5 heteroatoms. The lowest BCUT2D eigenvalue weighted by Gasteiger charge is -2.16. The largest absolute Gasteiger partial charge is 0.496 e. The Bertz CT molecular complexity index is 435. The molecule has 0 saturated carbocycles. The van der Waals surface area contributed by atoms with Crippen LogP contribution in [0, 0.1) is 0 Å². The zero-order valence-corrected chi connectivity index (χ0v) is 13.2. The maximum atomic E-state index is 11.7. The summed E-state index contributed by atoms with van der Waals surface area (Å²) in [5.74, 6) is 0.802. The molecule has 0 radical (unpaired) electrons. The number of benzene rings is 1. The molecule has 3 N–H and O–H groups in total. The zero-order valence-electron chi connectivity index (χ0n) is 11.6. The molecule has 0 bridgehead atoms. The van der Waals surface area contributed by atoms with Crippen LogP contribution in [0.4, 0.5) is 0 Å². The van der Waals surface area contributed by atoms with Gasteiger partial charge in [0.25, 0.3) is 0 Å². The van der Waals surface area contributed by atoms with Gasteiger partial charge in [0.15, 0.2) is 0 Å². The number of carbonyl (C=O) groups excluding carboxylic acids is 1. The number of nitrogens with two attached hydrogens (primary N) is 1. The van der Waals surface area contributed by atoms with Crippen LogP contribution in [0.5, 0.6) is 5.75 Å². The van der Waals surface area contributed by atoms with Gasteiger partial charge in [-0.25, -0.2) is 0 Å². The highest BCUT2D eigenvalue weighted by Gasteiger charge is 2.11. The molecule has 0 fully saturated rings. The second-order valence-electron chi connectivity index (χ2n) is 4.70. The van der Waals surface area contributed by atoms with Gasteiger partial charge in [-0.2, -0.15) is 0 Å². The summed E-state index contributed by atoms with van der Waals surface area (Å²) < 4.78 is 6.06. The van der Waals surface area contributed by atoms with Crippen LogP contribution >= 0.6 is 15.9 Å². The lowest BCUT2D eigenvalue weighted by Crippen LogP contribution is -2.28. The predicted octanol–water partition coefficient (Wildman–Crippen LogP) is 2.76. The number of nitrogens with one attached hydrogen (secondary N) is 1. The number of halogens is 1. The molecular weight excluding hydrogens is 308 g/mol. The van der Waals surface area contributed by atoms with Gasteiger partial charge >= 0.3 is 0 Å². The molecule has 0 aliphatic rings. The quantitative estimate of drug-likeness (QED) is 0.843. The first-order valence-electron chi connectivity index (χ1n) is 6.32. The molecule has 1 aromatic carbocycles. The number of amides is 1. The molecule has 2 unspecified atom stereocenters. The highest BCUT2D eigenvalue weighted by Crippen LogP contribution is 2.27. The lowest BCUT2D eigenvalue weighted by molar-refractivity contribution is -0.121. The van der Waals surface area contributed by atoms with Crippen molar-refractivity contribution in [3.63, 3.8) is 0 Å². The maximum absolute atomic E-state index is 11.7. The lowest BCUT2D eigenvalue weighted by atomic mass is 10.1. The van der Waals surface area contributed by atoms with E-state index in [0.717, 1.165) is 15.8 Å². The van der Waals surface area contributed by atoms with E-state index in [2.05, 4.69) is 21.2 Å². The first-order valence-corrected chi connectivity index (χ1v) is 7.11. The summed E-state index contributed by atoms with van der Waals surface area (Å²) in [5.41, 5.74) is 6.66. The third kappa shape index (κ3) is 5.20. The second-order valence-corrected chi connectivity index (χ2v) is 5.55. The molecule has 0 heterocycles. The van der Waals surface area contributed by atoms with Gasteiger partial charge in [-0.05, 0) is 53.9 Å². The number of ether oxygens (including phenoxy) is 1. The van der Waals surface area contributed by atoms with E-state index in [1.807, 2.05) is 32.0 Å². The normalized spacial score (nSPS) is 13.7. The predicted molar refractivity (Wildman–Crippen MR) is 80.1 cm³/mol. The van der Waals surface area contributed by atoms with Crippen LogP contribution < -0.4 is 15.8 Å². The molecule has 0 aliphatic heterocycles. The Morgan fingerprint density at radius 3 is 2.68 bits per heavy atom. The highest BCUT2D eigenvalue weighted by atomic mass is 79.9. The van der Waals surface area contributed by atoms with E-state index in [1.165, 1.54) is 0 Å². The summed E-state index contributed by atoms with van der Waals surface area (Å²) in [7, 11) is 1.62. The molecule has 0 aromatic heterocycles. The fraction of sp³-hybridized carbons (Fsp3) is 0.500. The monoisotopic (exact) mass is 328 g/mol. The summed E-state index contributed by atoms with van der Waals surface area (Å²) in [5, 5.41) is 2.96. The SMILES string of the molecule is COc1ccc(C(C)NC(=O)CCC(C)N)cc1Br. The Labute approximate surface area is 122 Å². The zero-order chi connectivity index (χ0) is 14.4. The van der Waals surface area contributed by atoms with Crippen molar-refractivity contribution in [3.8, 4) is 5.75 Å². The van der Waals surface area contributed by atoms with Crippen molar-refractivity contribution in [2.24, 2.45) is 5.73 Å². The molecular formula is C14H21BrN2O2. The van der Waals surface area contributed by atoms with E-state index >= 15 is 0 Å². The van der Waals surface area contributed by atoms with Crippen LogP contribution in [0.3, 0.4) is 0 Å². The first-order chi connectivity index (χ1) is 8.93. The van der Waals surface area contributed by atoms with Crippen molar-refractivity contribution in [2.75, 3.05) is 7.11 Å². The Morgan fingerprint density at radius 1 is 1.47 bits per heavy atom. The Morgan fingerprint density at radius 2 is 2.16 bits per heavy atom. The van der Waals surface area contributed by atoms with Crippen LogP contribution in [-0.2, 0) is 4.79 Å². The van der Waals surface area contributed by atoms with Crippen LogP contribution in [0.1, 0.15) is 38.3 Å². The molecule has 1 aromatic rings. The van der Waals surface area contributed by atoms with Crippen LogP contribution in [-0.4, -0.2) is 19.1 Å². The van der Waals surface area contributed by atoms with E-state index in [9.17, 15) is 4.79 Å². The van der Waals surface area contributed by atoms with Gasteiger partial charge in [0.2, 0.25) is 5.91 Å². The number of hydrogen-bond acceptors (Lipinski definition) is 3. The summed E-state index contributed by atoms with van der Waals surface area (Å²) in [6.45, 7) is 3.86. The van der Waals surface area contributed by atoms with E-state index in [1.54, 1.807) is 7.11 Å². The Kier molecular flexibility index (Phi) is 6.31. The fourth-order valence-corrected chi connectivity index (χ4v) is 2.27. The van der Waals surface area contributed by atoms with E-state index < -0.39 is 0 Å². The van der Waals surface area contributed by atoms with Crippen molar-refractivity contribution in [1.29, 1.82) is 0 Å². The van der Waals surface area contributed by atoms with E-state index in [0.29, 0.717) is 12.8 Å². The van der Waals surface area contributed by atoms with Crippen LogP contribution in [0.2, 0.25) is 0 Å². The average Bonchev–Trinajstić information content (AvgIpc) is 2.36. The maximum Gasteiger partial charge on any atom is 0.220 e. The summed E-state index contributed by atoms with van der Waals surface area (Å²) in [6, 6.07) is 5.79. The van der Waals surface area contributed by atoms with E-state index in [4.69, 9.17) is 10.5 Å². The van der Waals surface area contributed by atoms with Gasteiger partial charge < -0.3 is 15.8 Å². The average molecular weight is 329 g/mol. The van der Waals surface area contributed by atoms with Gasteiger partial charge in [-0.3, -0.25) is 4.79 Å². The highest BCUT2D eigenvalue weighted by molar-refractivity contribution is 9.10. The van der Waals surface area contributed by atoms with Gasteiger partial charge in [-0.15, -0.1) is 0 Å². The van der Waals surface area contributed by atoms with Crippen molar-refractivity contribution in [2.45, 2.75) is 38.8 Å². The van der Waals surface area contributed by atoms with Crippen molar-refractivity contribution >= 4 is 21.8 Å². The third-order valence-corrected chi connectivity index (χ3v) is 3.50. The molecule has 0 aliphatic carbocycles. The second kappa shape index (κ2) is 7.50. The van der Waals surface area contributed by atoms with Crippen molar-refractivity contribution in [1.82, 2.24) is 5.32 Å². The standard InChI is InChI=1S/C14H21BrN2O2/c1-9(16)4-7-14(18)17-10(2)11-5-6-13(19-3)12(15)8-11/h5-6,8-10H,4,7,16H2,1-3H3,(H,17,18). The molecule has 1 rings (SSSR count). The minimum atomic E-state index is -0.0391. The topological polar surface area (TPSA) is 64.3 Å². The molecule has 2 atom stereocenters. The number of carbonyl (C=O) groups is 1. The molecule has 19 heavy (non-hydrogen) atoms. The van der Waals surface area contributed by atoms with Gasteiger partial charge in [0, 0.05) is 12.5 Å². The minimum absolute atomic E-state index is 0.0248. The summed E-state index contributed by atoms with van der Waals surface area (Å²) >= 11 is 3.44. The van der Waals surface area contributed by atoms with Crippen molar-refractivity contribution in [3.05, 3.63) is 28.2 Å². The number of methoxy groups -OCH3 is 1.